The average molecular weight is 365 g/mol. The van der Waals surface area contributed by atoms with Crippen LogP contribution in [-0.2, 0) is 21.9 Å². The molecule has 0 aliphatic heterocycles. The summed E-state index contributed by atoms with van der Waals surface area (Å²) in [6, 6.07) is 3.19. The fourth-order valence-corrected chi connectivity index (χ4v) is 1.93. The first-order valence-corrected chi connectivity index (χ1v) is 6.25. The van der Waals surface area contributed by atoms with Crippen molar-refractivity contribution in [3.05, 3.63) is 69.5 Å². The quantitative estimate of drug-likeness (QED) is 0.387. The third kappa shape index (κ3) is 4.72. The summed E-state index contributed by atoms with van der Waals surface area (Å²) >= 11 is 11.5. The largest absolute Gasteiger partial charge is 2.00 e. The van der Waals surface area contributed by atoms with Gasteiger partial charge < -0.3 is 10.9 Å². The van der Waals surface area contributed by atoms with Crippen LogP contribution < -0.4 is 5.43 Å². The molecule has 1 amide bonds. The number of nitrogens with zero attached hydrogens (tertiary/aromatic N) is 2. The summed E-state index contributed by atoms with van der Waals surface area (Å²) in [6.07, 6.45) is 7.16. The van der Waals surface area contributed by atoms with E-state index in [1.807, 2.05) is 0 Å². The number of allylic oxidation sites excluding steroid dienone is 5. The van der Waals surface area contributed by atoms with Crippen LogP contribution in [0.2, 0.25) is 0 Å². The number of nitrogens with one attached hydrogen (secondary N) is 1. The van der Waals surface area contributed by atoms with Gasteiger partial charge in [-0.25, -0.2) is 0 Å². The first-order valence-electron chi connectivity index (χ1n) is 5.50. The number of hydrogen-bond donors (Lipinski definition) is 1. The molecule has 0 fully saturated rings. The number of carbonyl (C=O) groups excluding carboxylic acids is 2. The number of pyridine rings is 1. The Morgan fingerprint density at radius 2 is 1.95 bits per heavy atom. The van der Waals surface area contributed by atoms with Gasteiger partial charge in [-0.3, -0.25) is 14.6 Å². The minimum atomic E-state index is -0.373. The maximum Gasteiger partial charge on any atom is 2.00 e. The van der Waals surface area contributed by atoms with Gasteiger partial charge in [0.1, 0.15) is 0 Å². The summed E-state index contributed by atoms with van der Waals surface area (Å²) in [6.45, 7) is 0. The molecule has 1 heterocycles. The summed E-state index contributed by atoms with van der Waals surface area (Å²) < 4.78 is 0. The number of amides is 1. The van der Waals surface area contributed by atoms with Gasteiger partial charge in [-0.05, 0) is 30.5 Å². The van der Waals surface area contributed by atoms with Gasteiger partial charge >= 0.3 is 17.1 Å². The summed E-state index contributed by atoms with van der Waals surface area (Å²) in [7, 11) is 0. The molecule has 21 heavy (non-hydrogen) atoms. The first-order chi connectivity index (χ1) is 9.58. The van der Waals surface area contributed by atoms with Crippen LogP contribution >= 0.6 is 23.2 Å². The Bertz CT molecular complexity index is 642. The molecule has 0 saturated heterocycles. The van der Waals surface area contributed by atoms with E-state index in [1.54, 1.807) is 12.1 Å². The van der Waals surface area contributed by atoms with E-state index in [4.69, 9.17) is 23.2 Å². The Balaban J connectivity index is 0.00000220. The van der Waals surface area contributed by atoms with Crippen molar-refractivity contribution in [2.75, 3.05) is 0 Å². The van der Waals surface area contributed by atoms with Crippen molar-refractivity contribution in [2.24, 2.45) is 0 Å². The molecule has 107 valence electrons. The number of ketones is 1. The maximum atomic E-state index is 11.7. The standard InChI is InChI=1S/C13H9Cl2N3O2.Mn/c14-10-5-9(12(19)11(15)6-10)7-17-18-13(20)8-1-3-16-4-2-8;/h1-7H,(H2,16,17,18,19,20);/q;+2. The van der Waals surface area contributed by atoms with E-state index >= 15 is 0 Å². The molecule has 0 aromatic carbocycles. The molecule has 1 aromatic heterocycles. The van der Waals surface area contributed by atoms with Crippen molar-refractivity contribution in [1.29, 1.82) is 0 Å². The zero-order valence-electron chi connectivity index (χ0n) is 10.4. The van der Waals surface area contributed by atoms with Crippen LogP contribution in [0, 0.1) is 0 Å². The third-order valence-corrected chi connectivity index (χ3v) is 2.87. The second-order valence-electron chi connectivity index (χ2n) is 3.75. The molecule has 1 aromatic rings. The van der Waals surface area contributed by atoms with Gasteiger partial charge in [0.25, 0.3) is 5.91 Å². The number of rotatable bonds is 3. The number of halogens is 2. The maximum absolute atomic E-state index is 11.7. The minimum absolute atomic E-state index is 0. The Hall–Kier alpha value is -1.59. The molecule has 1 aliphatic rings. The molecule has 2 rings (SSSR count). The van der Waals surface area contributed by atoms with Crippen LogP contribution in [0.4, 0.5) is 0 Å². The van der Waals surface area contributed by atoms with Gasteiger partial charge in [-0.2, -0.15) is 0 Å². The number of Topliss-reactive ketones (excluding diaryl/α,β-unsaturated/α-hetero) is 1. The number of hydrogen-bond acceptors (Lipinski definition) is 3. The van der Waals surface area contributed by atoms with Crippen LogP contribution in [-0.4, -0.2) is 21.5 Å². The first kappa shape index (κ1) is 17.5. The van der Waals surface area contributed by atoms with Gasteiger partial charge in [0.05, 0.1) is 10.6 Å². The van der Waals surface area contributed by atoms with Crippen LogP contribution in [0.1, 0.15) is 5.56 Å². The minimum Gasteiger partial charge on any atom is -0.513 e. The molecule has 2 N–H and O–H groups in total. The SMILES string of the molecule is O=C1C(Cl)=CC(Cl)=CC1=CN[N-]C(=[OH+])c1ccncc1.[Mn+2]. The van der Waals surface area contributed by atoms with Crippen molar-refractivity contribution in [3.63, 3.8) is 0 Å². The second-order valence-corrected chi connectivity index (χ2v) is 4.59. The predicted octanol–water partition coefficient (Wildman–Crippen LogP) is 2.52. The normalized spacial score (nSPS) is 15.7. The van der Waals surface area contributed by atoms with Gasteiger partial charge in [-0.1, -0.05) is 23.2 Å². The predicted molar refractivity (Wildman–Crippen MR) is 77.7 cm³/mol. The molecular formula is C13H9Cl2MnN3O2+2. The second kappa shape index (κ2) is 8.00. The molecule has 0 bridgehead atoms. The smallest absolute Gasteiger partial charge is 0.513 e. The molecule has 5 nitrogen and oxygen atoms in total. The molecule has 0 atom stereocenters. The van der Waals surface area contributed by atoms with Crippen LogP contribution in [0.3, 0.4) is 0 Å². The van der Waals surface area contributed by atoms with Crippen molar-refractivity contribution in [1.82, 2.24) is 10.4 Å². The molecule has 0 spiro atoms. The Labute approximate surface area is 141 Å². The Morgan fingerprint density at radius 3 is 2.62 bits per heavy atom. The molecule has 8 heteroatoms. The summed E-state index contributed by atoms with van der Waals surface area (Å²) in [5.74, 6) is -0.605. The van der Waals surface area contributed by atoms with Crippen LogP contribution in [0.5, 0.6) is 0 Å². The van der Waals surface area contributed by atoms with E-state index in [0.29, 0.717) is 10.6 Å². The van der Waals surface area contributed by atoms with E-state index in [-0.39, 0.29) is 39.4 Å². The van der Waals surface area contributed by atoms with Crippen molar-refractivity contribution >= 4 is 34.9 Å². The van der Waals surface area contributed by atoms with E-state index in [1.165, 1.54) is 30.7 Å². The van der Waals surface area contributed by atoms with Gasteiger partial charge in [0.2, 0.25) is 5.78 Å². The van der Waals surface area contributed by atoms with E-state index in [0.717, 1.165) is 0 Å². The Kier molecular flexibility index (Phi) is 6.65. The molecule has 1 aliphatic carbocycles. The summed E-state index contributed by atoms with van der Waals surface area (Å²) in [4.78, 5) is 25.2. The van der Waals surface area contributed by atoms with Gasteiger partial charge in [0, 0.05) is 23.0 Å². The summed E-state index contributed by atoms with van der Waals surface area (Å²) in [5, 5.41) is 0.359. The average Bonchev–Trinajstić information content (AvgIpc) is 2.44. The van der Waals surface area contributed by atoms with Gasteiger partial charge in [-0.15, -0.1) is 0 Å². The topological polar surface area (TPSA) is 77.5 Å². The Morgan fingerprint density at radius 1 is 1.29 bits per heavy atom. The summed E-state index contributed by atoms with van der Waals surface area (Å²) in [5.41, 5.74) is 6.91. The molecule has 1 radical (unpaired) electrons. The van der Waals surface area contributed by atoms with Gasteiger partial charge in [0.15, 0.2) is 0 Å². The number of carbonyl (C=O) groups is 1. The van der Waals surface area contributed by atoms with E-state index in [9.17, 15) is 9.59 Å². The van der Waals surface area contributed by atoms with Crippen molar-refractivity contribution < 1.29 is 26.7 Å². The van der Waals surface area contributed by atoms with E-state index < -0.39 is 0 Å². The van der Waals surface area contributed by atoms with E-state index in [2.05, 4.69) is 15.8 Å². The molecular weight excluding hydrogens is 356 g/mol. The third-order valence-electron chi connectivity index (χ3n) is 2.37. The van der Waals surface area contributed by atoms with Crippen LogP contribution in [0.25, 0.3) is 5.43 Å². The molecule has 0 unspecified atom stereocenters. The van der Waals surface area contributed by atoms with Crippen molar-refractivity contribution in [2.45, 2.75) is 0 Å². The monoisotopic (exact) mass is 364 g/mol. The van der Waals surface area contributed by atoms with Crippen LogP contribution in [0.15, 0.2) is 58.5 Å². The fraction of sp³-hybridized carbons (Fsp3) is 0. The van der Waals surface area contributed by atoms with Crippen molar-refractivity contribution in [3.8, 4) is 0 Å². The zero-order chi connectivity index (χ0) is 14.5. The molecule has 0 saturated carbocycles. The number of aromatic nitrogens is 1. The fourth-order valence-electron chi connectivity index (χ4n) is 1.42. The zero-order valence-corrected chi connectivity index (χ0v) is 13.1.